The first-order chi connectivity index (χ1) is 14.9. The van der Waals surface area contributed by atoms with Crippen molar-refractivity contribution in [3.8, 4) is 5.69 Å². The van der Waals surface area contributed by atoms with Gasteiger partial charge in [0.05, 0.1) is 22.9 Å². The van der Waals surface area contributed by atoms with Crippen molar-refractivity contribution in [2.24, 2.45) is 0 Å². The number of ether oxygens (including phenoxy) is 1. The number of benzene rings is 1. The molecule has 0 aliphatic carbocycles. The van der Waals surface area contributed by atoms with Gasteiger partial charge in [0.1, 0.15) is 6.17 Å². The number of nitrogens with zero attached hydrogens (tertiary/aromatic N) is 2. The first-order valence-corrected chi connectivity index (χ1v) is 10.7. The van der Waals surface area contributed by atoms with E-state index >= 15 is 0 Å². The predicted molar refractivity (Wildman–Crippen MR) is 114 cm³/mol. The van der Waals surface area contributed by atoms with Crippen molar-refractivity contribution in [2.45, 2.75) is 37.6 Å². The maximum atomic E-state index is 14.0. The van der Waals surface area contributed by atoms with E-state index < -0.39 is 17.4 Å². The van der Waals surface area contributed by atoms with Crippen molar-refractivity contribution in [3.05, 3.63) is 61.9 Å². The number of rotatable bonds is 4. The fourth-order valence-corrected chi connectivity index (χ4v) is 4.22. The van der Waals surface area contributed by atoms with Crippen LogP contribution in [0.3, 0.4) is 0 Å². The molecule has 1 aromatic carbocycles. The van der Waals surface area contributed by atoms with Gasteiger partial charge in [-0.2, -0.15) is 0 Å². The summed E-state index contributed by atoms with van der Waals surface area (Å²) in [4.78, 5) is 40.3. The van der Waals surface area contributed by atoms with Gasteiger partial charge in [0.25, 0.3) is 11.5 Å². The molecule has 3 heterocycles. The number of piperidine rings is 2. The van der Waals surface area contributed by atoms with E-state index in [1.807, 2.05) is 0 Å². The SMILES string of the molecule is O=C(c1ccc(Cl)c(-n2ccc(=O)[nH]c2=O)c1)N1CCC(O[C@@H]2CCNC[C@H]2F)CC1. The minimum absolute atomic E-state index is 0.0640. The van der Waals surface area contributed by atoms with Crippen molar-refractivity contribution in [1.82, 2.24) is 19.8 Å². The largest absolute Gasteiger partial charge is 0.372 e. The van der Waals surface area contributed by atoms with Crippen molar-refractivity contribution >= 4 is 17.5 Å². The molecule has 2 saturated heterocycles. The van der Waals surface area contributed by atoms with Gasteiger partial charge < -0.3 is 15.0 Å². The Hall–Kier alpha value is -2.49. The molecular formula is C21H24ClFN4O4. The molecule has 2 N–H and O–H groups in total. The number of carbonyl (C=O) groups is 1. The summed E-state index contributed by atoms with van der Waals surface area (Å²) in [6.45, 7) is 2.07. The quantitative estimate of drug-likeness (QED) is 0.736. The van der Waals surface area contributed by atoms with Crippen LogP contribution >= 0.6 is 11.6 Å². The van der Waals surface area contributed by atoms with Gasteiger partial charge >= 0.3 is 5.69 Å². The van der Waals surface area contributed by atoms with Gasteiger partial charge in [-0.1, -0.05) is 11.6 Å². The van der Waals surface area contributed by atoms with Crippen LogP contribution in [0.4, 0.5) is 4.39 Å². The van der Waals surface area contributed by atoms with Gasteiger partial charge in [-0.05, 0) is 44.0 Å². The number of alkyl halides is 1. The number of hydrogen-bond acceptors (Lipinski definition) is 5. The Morgan fingerprint density at radius 3 is 2.65 bits per heavy atom. The molecule has 1 amide bonds. The van der Waals surface area contributed by atoms with Gasteiger partial charge in [-0.25, -0.2) is 9.18 Å². The number of carbonyl (C=O) groups excluding carboxylic acids is 1. The van der Waals surface area contributed by atoms with Gasteiger partial charge in [0.2, 0.25) is 0 Å². The molecule has 10 heteroatoms. The van der Waals surface area contributed by atoms with E-state index in [2.05, 4.69) is 10.3 Å². The summed E-state index contributed by atoms with van der Waals surface area (Å²) < 4.78 is 21.1. The third-order valence-electron chi connectivity index (χ3n) is 5.72. The van der Waals surface area contributed by atoms with Crippen LogP contribution < -0.4 is 16.6 Å². The second kappa shape index (κ2) is 9.33. The Labute approximate surface area is 183 Å². The molecule has 2 aromatic rings. The summed E-state index contributed by atoms with van der Waals surface area (Å²) in [5.74, 6) is -0.181. The normalized spacial score (nSPS) is 22.5. The molecule has 2 aliphatic rings. The Morgan fingerprint density at radius 2 is 1.94 bits per heavy atom. The average Bonchev–Trinajstić information content (AvgIpc) is 2.76. The van der Waals surface area contributed by atoms with Crippen LogP contribution in [0.15, 0.2) is 40.1 Å². The number of likely N-dealkylation sites (tertiary alicyclic amines) is 1. The lowest BCUT2D eigenvalue weighted by atomic mass is 10.0. The van der Waals surface area contributed by atoms with Gasteiger partial charge in [0.15, 0.2) is 0 Å². The second-order valence-electron chi connectivity index (χ2n) is 7.82. The number of aromatic amines is 1. The lowest BCUT2D eigenvalue weighted by Gasteiger charge is -2.36. The lowest BCUT2D eigenvalue weighted by molar-refractivity contribution is -0.0803. The fraction of sp³-hybridized carbons (Fsp3) is 0.476. The summed E-state index contributed by atoms with van der Waals surface area (Å²) in [6.07, 6.45) is 1.80. The maximum absolute atomic E-state index is 14.0. The number of amides is 1. The molecule has 2 fully saturated rings. The van der Waals surface area contributed by atoms with Crippen molar-refractivity contribution in [3.63, 3.8) is 0 Å². The highest BCUT2D eigenvalue weighted by Gasteiger charge is 2.31. The highest BCUT2D eigenvalue weighted by molar-refractivity contribution is 6.32. The number of halogens is 2. The Kier molecular flexibility index (Phi) is 6.54. The Bertz CT molecular complexity index is 1060. The molecule has 4 rings (SSSR count). The molecule has 0 bridgehead atoms. The van der Waals surface area contributed by atoms with E-state index in [1.165, 1.54) is 22.9 Å². The average molecular weight is 451 g/mol. The standard InChI is InChI=1S/C21H24ClFN4O4/c22-15-2-1-13(11-17(15)27-10-6-19(28)25-21(27)30)20(29)26-8-4-14(5-9-26)31-18-3-7-24-12-16(18)23/h1-2,6,10-11,14,16,18,24H,3-5,7-9,12H2,(H,25,28,30)/t16-,18-/m1/s1. The zero-order valence-corrected chi connectivity index (χ0v) is 17.6. The molecule has 1 aromatic heterocycles. The Balaban J connectivity index is 1.43. The van der Waals surface area contributed by atoms with Gasteiger partial charge in [-0.15, -0.1) is 0 Å². The molecule has 0 saturated carbocycles. The summed E-state index contributed by atoms with van der Waals surface area (Å²) in [7, 11) is 0. The van der Waals surface area contributed by atoms with Crippen LogP contribution in [0.25, 0.3) is 5.69 Å². The van der Waals surface area contributed by atoms with Crippen LogP contribution in [0.1, 0.15) is 29.6 Å². The van der Waals surface area contributed by atoms with Crippen molar-refractivity contribution in [2.75, 3.05) is 26.2 Å². The number of nitrogens with one attached hydrogen (secondary N) is 2. The first kappa shape index (κ1) is 21.7. The molecule has 0 unspecified atom stereocenters. The van der Waals surface area contributed by atoms with E-state index in [0.717, 1.165) is 6.54 Å². The number of aromatic nitrogens is 2. The zero-order valence-electron chi connectivity index (χ0n) is 16.9. The topological polar surface area (TPSA) is 96.4 Å². The van der Waals surface area contributed by atoms with E-state index in [0.29, 0.717) is 50.1 Å². The molecule has 0 spiro atoms. The molecule has 166 valence electrons. The van der Waals surface area contributed by atoms with Crippen LogP contribution in [0.2, 0.25) is 5.02 Å². The summed E-state index contributed by atoms with van der Waals surface area (Å²) in [5.41, 5.74) is -0.453. The molecule has 2 aliphatic heterocycles. The summed E-state index contributed by atoms with van der Waals surface area (Å²) >= 11 is 6.23. The first-order valence-electron chi connectivity index (χ1n) is 10.3. The van der Waals surface area contributed by atoms with Crippen LogP contribution in [0, 0.1) is 0 Å². The van der Waals surface area contributed by atoms with Gasteiger partial charge in [-0.3, -0.25) is 19.1 Å². The monoisotopic (exact) mass is 450 g/mol. The highest BCUT2D eigenvalue weighted by Crippen LogP contribution is 2.24. The van der Waals surface area contributed by atoms with Crippen LogP contribution in [0.5, 0.6) is 0 Å². The predicted octanol–water partition coefficient (Wildman–Crippen LogP) is 1.50. The summed E-state index contributed by atoms with van der Waals surface area (Å²) in [6, 6.07) is 5.91. The third kappa shape index (κ3) is 4.89. The molecule has 0 radical (unpaired) electrons. The highest BCUT2D eigenvalue weighted by atomic mass is 35.5. The van der Waals surface area contributed by atoms with Crippen molar-refractivity contribution in [1.29, 1.82) is 0 Å². The van der Waals surface area contributed by atoms with Crippen molar-refractivity contribution < 1.29 is 13.9 Å². The van der Waals surface area contributed by atoms with Crippen LogP contribution in [-0.4, -0.2) is 64.9 Å². The minimum atomic E-state index is -1.00. The fourth-order valence-electron chi connectivity index (χ4n) is 4.01. The number of hydrogen-bond donors (Lipinski definition) is 2. The molecule has 31 heavy (non-hydrogen) atoms. The Morgan fingerprint density at radius 1 is 1.16 bits per heavy atom. The maximum Gasteiger partial charge on any atom is 0.332 e. The second-order valence-corrected chi connectivity index (χ2v) is 8.23. The lowest BCUT2D eigenvalue weighted by Crippen LogP contribution is -2.47. The molecule has 8 nitrogen and oxygen atoms in total. The van der Waals surface area contributed by atoms with Gasteiger partial charge in [0, 0.05) is 37.5 Å². The molecular weight excluding hydrogens is 427 g/mol. The smallest absolute Gasteiger partial charge is 0.332 e. The molecule has 2 atom stereocenters. The summed E-state index contributed by atoms with van der Waals surface area (Å²) in [5, 5.41) is 3.29. The van der Waals surface area contributed by atoms with Crippen LogP contribution in [-0.2, 0) is 4.74 Å². The zero-order chi connectivity index (χ0) is 22.0. The minimum Gasteiger partial charge on any atom is -0.372 e. The van der Waals surface area contributed by atoms with E-state index in [9.17, 15) is 18.8 Å². The van der Waals surface area contributed by atoms with E-state index in [-0.39, 0.29) is 23.1 Å². The van der Waals surface area contributed by atoms with E-state index in [1.54, 1.807) is 17.0 Å². The van der Waals surface area contributed by atoms with E-state index in [4.69, 9.17) is 16.3 Å². The number of H-pyrrole nitrogens is 1. The third-order valence-corrected chi connectivity index (χ3v) is 6.04.